The van der Waals surface area contributed by atoms with E-state index in [1.54, 1.807) is 24.4 Å². The Labute approximate surface area is 138 Å². The van der Waals surface area contributed by atoms with Gasteiger partial charge in [-0.25, -0.2) is 4.98 Å². The second-order valence-corrected chi connectivity index (χ2v) is 6.36. The van der Waals surface area contributed by atoms with Gasteiger partial charge in [0.25, 0.3) is 0 Å². The van der Waals surface area contributed by atoms with Crippen molar-refractivity contribution in [2.75, 3.05) is 12.4 Å². The van der Waals surface area contributed by atoms with E-state index in [-0.39, 0.29) is 6.61 Å². The molecule has 1 aromatic carbocycles. The maximum Gasteiger partial charge on any atom is 0.156 e. The lowest BCUT2D eigenvalue weighted by Crippen LogP contribution is -2.20. The van der Waals surface area contributed by atoms with Crippen molar-refractivity contribution in [3.63, 3.8) is 0 Å². The minimum absolute atomic E-state index is 0.127. The van der Waals surface area contributed by atoms with Gasteiger partial charge in [-0.15, -0.1) is 11.8 Å². The molecule has 1 N–H and O–H groups in total. The Morgan fingerprint density at radius 3 is 2.57 bits per heavy atom. The number of aliphatic hydroxyl groups excluding tert-OH is 1. The molecule has 1 aromatic heterocycles. The number of nitrogens with zero attached hydrogens (tertiary/aromatic N) is 1. The Morgan fingerprint density at radius 1 is 1.24 bits per heavy atom. The SMILES string of the molecule is Cc1ccc(SCC(O)COc2c(Cl)cccc2Cl)nc1. The topological polar surface area (TPSA) is 42.4 Å². The highest BCUT2D eigenvalue weighted by molar-refractivity contribution is 7.99. The highest BCUT2D eigenvalue weighted by atomic mass is 35.5. The first-order chi connectivity index (χ1) is 10.1. The molecule has 0 aliphatic heterocycles. The zero-order valence-corrected chi connectivity index (χ0v) is 13.8. The van der Waals surface area contributed by atoms with E-state index in [2.05, 4.69) is 4.98 Å². The Bertz CT molecular complexity index is 572. The molecule has 1 atom stereocenters. The number of aromatic nitrogens is 1. The van der Waals surface area contributed by atoms with E-state index in [0.29, 0.717) is 21.5 Å². The molecule has 0 aliphatic carbocycles. The number of ether oxygens (including phenoxy) is 1. The van der Waals surface area contributed by atoms with Crippen LogP contribution in [-0.2, 0) is 0 Å². The first-order valence-electron chi connectivity index (χ1n) is 6.36. The summed E-state index contributed by atoms with van der Waals surface area (Å²) in [4.78, 5) is 4.27. The van der Waals surface area contributed by atoms with E-state index in [4.69, 9.17) is 27.9 Å². The summed E-state index contributed by atoms with van der Waals surface area (Å²) < 4.78 is 5.49. The number of hydrogen-bond donors (Lipinski definition) is 1. The fourth-order valence-corrected chi connectivity index (χ4v) is 2.83. The minimum Gasteiger partial charge on any atom is -0.488 e. The lowest BCUT2D eigenvalue weighted by Gasteiger charge is -2.13. The Balaban J connectivity index is 1.82. The van der Waals surface area contributed by atoms with Crippen LogP contribution in [0.4, 0.5) is 0 Å². The molecule has 0 saturated carbocycles. The van der Waals surface area contributed by atoms with E-state index in [9.17, 15) is 5.11 Å². The third-order valence-corrected chi connectivity index (χ3v) is 4.33. The van der Waals surface area contributed by atoms with Gasteiger partial charge in [0.15, 0.2) is 5.75 Å². The molecule has 0 bridgehead atoms. The molecule has 0 spiro atoms. The zero-order chi connectivity index (χ0) is 15.2. The molecule has 112 valence electrons. The van der Waals surface area contributed by atoms with Crippen molar-refractivity contribution in [2.45, 2.75) is 18.1 Å². The monoisotopic (exact) mass is 343 g/mol. The van der Waals surface area contributed by atoms with Crippen LogP contribution in [0.5, 0.6) is 5.75 Å². The summed E-state index contributed by atoms with van der Waals surface area (Å²) in [6, 6.07) is 9.05. The van der Waals surface area contributed by atoms with Crippen molar-refractivity contribution < 1.29 is 9.84 Å². The molecular formula is C15H15Cl2NO2S. The van der Waals surface area contributed by atoms with Crippen LogP contribution in [-0.4, -0.2) is 28.6 Å². The molecule has 0 aliphatic rings. The Morgan fingerprint density at radius 2 is 1.95 bits per heavy atom. The van der Waals surface area contributed by atoms with Crippen LogP contribution in [0.3, 0.4) is 0 Å². The predicted octanol–water partition coefficient (Wildman–Crippen LogP) is 4.23. The third kappa shape index (κ3) is 5.08. The van der Waals surface area contributed by atoms with Crippen LogP contribution in [0.2, 0.25) is 10.0 Å². The van der Waals surface area contributed by atoms with Crippen molar-refractivity contribution in [2.24, 2.45) is 0 Å². The molecule has 2 rings (SSSR count). The van der Waals surface area contributed by atoms with Crippen LogP contribution < -0.4 is 4.74 Å². The van der Waals surface area contributed by atoms with E-state index >= 15 is 0 Å². The van der Waals surface area contributed by atoms with Crippen LogP contribution in [0.1, 0.15) is 5.56 Å². The highest BCUT2D eigenvalue weighted by Gasteiger charge is 2.11. The number of pyridine rings is 1. The fourth-order valence-electron chi connectivity index (χ4n) is 1.57. The summed E-state index contributed by atoms with van der Waals surface area (Å²) in [7, 11) is 0. The first-order valence-corrected chi connectivity index (χ1v) is 8.10. The first kappa shape index (κ1) is 16.4. The maximum atomic E-state index is 9.95. The van der Waals surface area contributed by atoms with Gasteiger partial charge >= 0.3 is 0 Å². The number of hydrogen-bond acceptors (Lipinski definition) is 4. The number of aliphatic hydroxyl groups is 1. The molecule has 0 amide bonds. The molecule has 3 nitrogen and oxygen atoms in total. The van der Waals surface area contributed by atoms with Gasteiger partial charge in [0.05, 0.1) is 21.2 Å². The van der Waals surface area contributed by atoms with Crippen LogP contribution >= 0.6 is 35.0 Å². The molecule has 1 heterocycles. The van der Waals surface area contributed by atoms with E-state index < -0.39 is 6.10 Å². The van der Waals surface area contributed by atoms with Gasteiger partial charge in [-0.2, -0.15) is 0 Å². The van der Waals surface area contributed by atoms with Crippen LogP contribution in [0.25, 0.3) is 0 Å². The summed E-state index contributed by atoms with van der Waals surface area (Å²) in [5, 5.41) is 11.7. The Hall–Kier alpha value is -0.940. The summed E-state index contributed by atoms with van der Waals surface area (Å²) in [6.45, 7) is 2.11. The predicted molar refractivity (Wildman–Crippen MR) is 87.7 cm³/mol. The van der Waals surface area contributed by atoms with Gasteiger partial charge in [-0.1, -0.05) is 35.3 Å². The summed E-state index contributed by atoms with van der Waals surface area (Å²) in [5.74, 6) is 0.886. The molecule has 0 radical (unpaired) electrons. The van der Waals surface area contributed by atoms with Crippen molar-refractivity contribution in [1.29, 1.82) is 0 Å². The summed E-state index contributed by atoms with van der Waals surface area (Å²) >= 11 is 13.5. The maximum absolute atomic E-state index is 9.95. The second-order valence-electron chi connectivity index (χ2n) is 4.50. The fraction of sp³-hybridized carbons (Fsp3) is 0.267. The molecular weight excluding hydrogens is 329 g/mol. The van der Waals surface area contributed by atoms with Crippen molar-refractivity contribution in [1.82, 2.24) is 4.98 Å². The number of aryl methyl sites for hydroxylation is 1. The summed E-state index contributed by atoms with van der Waals surface area (Å²) in [5.41, 5.74) is 1.11. The smallest absolute Gasteiger partial charge is 0.156 e. The molecule has 1 unspecified atom stereocenters. The van der Waals surface area contributed by atoms with E-state index in [1.807, 2.05) is 19.1 Å². The second kappa shape index (κ2) is 7.90. The lowest BCUT2D eigenvalue weighted by atomic mass is 10.3. The van der Waals surface area contributed by atoms with Crippen molar-refractivity contribution >= 4 is 35.0 Å². The van der Waals surface area contributed by atoms with Gasteiger partial charge in [0.2, 0.25) is 0 Å². The quantitative estimate of drug-likeness (QED) is 0.797. The van der Waals surface area contributed by atoms with E-state index in [0.717, 1.165) is 10.6 Å². The zero-order valence-electron chi connectivity index (χ0n) is 11.4. The minimum atomic E-state index is -0.634. The van der Waals surface area contributed by atoms with Crippen LogP contribution in [0.15, 0.2) is 41.6 Å². The molecule has 2 aromatic rings. The number of rotatable bonds is 6. The largest absolute Gasteiger partial charge is 0.488 e. The summed E-state index contributed by atoms with van der Waals surface area (Å²) in [6.07, 6.45) is 1.17. The molecule has 6 heteroatoms. The normalized spacial score (nSPS) is 12.2. The van der Waals surface area contributed by atoms with Gasteiger partial charge < -0.3 is 9.84 Å². The van der Waals surface area contributed by atoms with Crippen molar-refractivity contribution in [3.8, 4) is 5.75 Å². The number of benzene rings is 1. The van der Waals surface area contributed by atoms with Gasteiger partial charge in [-0.3, -0.25) is 0 Å². The molecule has 0 fully saturated rings. The lowest BCUT2D eigenvalue weighted by molar-refractivity contribution is 0.126. The highest BCUT2D eigenvalue weighted by Crippen LogP contribution is 2.32. The molecule has 0 saturated heterocycles. The number of halogens is 2. The van der Waals surface area contributed by atoms with E-state index in [1.165, 1.54) is 11.8 Å². The average molecular weight is 344 g/mol. The van der Waals surface area contributed by atoms with Crippen LogP contribution in [0, 0.1) is 6.92 Å². The number of para-hydroxylation sites is 1. The van der Waals surface area contributed by atoms with Crippen molar-refractivity contribution in [3.05, 3.63) is 52.1 Å². The van der Waals surface area contributed by atoms with Gasteiger partial charge in [0.1, 0.15) is 6.61 Å². The Kier molecular flexibility index (Phi) is 6.18. The standard InChI is InChI=1S/C15H15Cl2NO2S/c1-10-5-6-14(18-7-10)21-9-11(19)8-20-15-12(16)3-2-4-13(15)17/h2-7,11,19H,8-9H2,1H3. The number of thioether (sulfide) groups is 1. The van der Waals surface area contributed by atoms with Gasteiger partial charge in [-0.05, 0) is 30.7 Å². The average Bonchev–Trinajstić information content (AvgIpc) is 2.46. The molecule has 21 heavy (non-hydrogen) atoms. The third-order valence-electron chi connectivity index (χ3n) is 2.65. The van der Waals surface area contributed by atoms with Gasteiger partial charge in [0, 0.05) is 11.9 Å².